The van der Waals surface area contributed by atoms with Gasteiger partial charge in [0, 0.05) is 22.2 Å². The first-order valence-electron chi connectivity index (χ1n) is 9.10. The number of aryl methyl sites for hydroxylation is 3. The molecule has 0 saturated carbocycles. The lowest BCUT2D eigenvalue weighted by atomic mass is 9.79. The standard InChI is InChI=1S/C23H22ClNO2/c1-12-8-13(2)20(14(3)9-12)21-18(26)11-19-23(4,5)16-10-15(24)6-7-17(16)25(19)22(21)27/h6-11,21H,1-5H3. The lowest BCUT2D eigenvalue weighted by molar-refractivity contribution is -0.127. The van der Waals surface area contributed by atoms with Gasteiger partial charge in [-0.05, 0) is 61.2 Å². The smallest absolute Gasteiger partial charge is 0.246 e. The molecule has 0 aliphatic carbocycles. The highest BCUT2D eigenvalue weighted by Crippen LogP contribution is 2.51. The van der Waals surface area contributed by atoms with Gasteiger partial charge in [0.15, 0.2) is 5.78 Å². The molecule has 0 saturated heterocycles. The van der Waals surface area contributed by atoms with E-state index in [1.807, 2.05) is 58.9 Å². The van der Waals surface area contributed by atoms with Crippen molar-refractivity contribution < 1.29 is 9.59 Å². The molecule has 4 heteroatoms. The number of hydrogen-bond acceptors (Lipinski definition) is 2. The highest BCUT2D eigenvalue weighted by molar-refractivity contribution is 6.31. The van der Waals surface area contributed by atoms with Crippen molar-refractivity contribution in [2.75, 3.05) is 4.90 Å². The van der Waals surface area contributed by atoms with Crippen LogP contribution in [0.2, 0.25) is 5.02 Å². The number of fused-ring (bicyclic) bond motifs is 3. The molecule has 0 spiro atoms. The lowest BCUT2D eigenvalue weighted by Crippen LogP contribution is -2.43. The molecule has 2 aromatic rings. The van der Waals surface area contributed by atoms with E-state index < -0.39 is 11.3 Å². The Hall–Kier alpha value is -2.39. The summed E-state index contributed by atoms with van der Waals surface area (Å²) in [5.41, 5.74) is 5.98. The first-order chi connectivity index (χ1) is 12.6. The number of halogens is 1. The van der Waals surface area contributed by atoms with E-state index in [0.717, 1.165) is 39.2 Å². The molecule has 1 unspecified atom stereocenters. The third kappa shape index (κ3) is 2.49. The summed E-state index contributed by atoms with van der Waals surface area (Å²) < 4.78 is 0. The number of anilines is 1. The minimum Gasteiger partial charge on any atom is -0.294 e. The Balaban J connectivity index is 1.93. The van der Waals surface area contributed by atoms with Crippen LogP contribution in [0.1, 0.15) is 47.6 Å². The number of ketones is 1. The van der Waals surface area contributed by atoms with Gasteiger partial charge in [-0.25, -0.2) is 0 Å². The maximum Gasteiger partial charge on any atom is 0.246 e. The van der Waals surface area contributed by atoms with Crippen LogP contribution in [-0.2, 0) is 15.0 Å². The highest BCUT2D eigenvalue weighted by atomic mass is 35.5. The van der Waals surface area contributed by atoms with Crippen LogP contribution in [0.15, 0.2) is 42.1 Å². The molecular formula is C23H22ClNO2. The second-order valence-electron chi connectivity index (χ2n) is 8.14. The monoisotopic (exact) mass is 379 g/mol. The number of allylic oxidation sites excluding steroid dienone is 2. The van der Waals surface area contributed by atoms with Crippen molar-refractivity contribution in [1.82, 2.24) is 0 Å². The quantitative estimate of drug-likeness (QED) is 0.643. The normalized spacial score (nSPS) is 20.4. The lowest BCUT2D eigenvalue weighted by Gasteiger charge is -2.33. The van der Waals surface area contributed by atoms with Gasteiger partial charge in [0.1, 0.15) is 5.92 Å². The van der Waals surface area contributed by atoms with Crippen LogP contribution >= 0.6 is 11.6 Å². The highest BCUT2D eigenvalue weighted by Gasteiger charge is 2.49. The van der Waals surface area contributed by atoms with Gasteiger partial charge in [0.25, 0.3) is 0 Å². The SMILES string of the molecule is Cc1cc(C)c(C2C(=O)C=C3N(C2=O)c2ccc(Cl)cc2C3(C)C)c(C)c1. The van der Waals surface area contributed by atoms with Gasteiger partial charge in [-0.3, -0.25) is 14.5 Å². The van der Waals surface area contributed by atoms with Gasteiger partial charge in [0.05, 0.1) is 5.69 Å². The molecule has 1 atom stereocenters. The average Bonchev–Trinajstić information content (AvgIpc) is 2.77. The van der Waals surface area contributed by atoms with E-state index >= 15 is 0 Å². The number of rotatable bonds is 1. The molecule has 1 amide bonds. The molecule has 2 aromatic carbocycles. The van der Waals surface area contributed by atoms with Gasteiger partial charge < -0.3 is 0 Å². The van der Waals surface area contributed by atoms with Crippen molar-refractivity contribution in [2.45, 2.75) is 46.0 Å². The van der Waals surface area contributed by atoms with Crippen LogP contribution in [0.3, 0.4) is 0 Å². The minimum absolute atomic E-state index is 0.145. The Labute approximate surface area is 164 Å². The molecular weight excluding hydrogens is 358 g/mol. The fourth-order valence-corrected chi connectivity index (χ4v) is 4.79. The van der Waals surface area contributed by atoms with Crippen LogP contribution in [0.4, 0.5) is 5.69 Å². The Morgan fingerprint density at radius 3 is 2.26 bits per heavy atom. The molecule has 3 nitrogen and oxygen atoms in total. The van der Waals surface area contributed by atoms with Crippen molar-refractivity contribution in [3.63, 3.8) is 0 Å². The summed E-state index contributed by atoms with van der Waals surface area (Å²) in [6.07, 6.45) is 1.65. The van der Waals surface area contributed by atoms with Gasteiger partial charge >= 0.3 is 0 Å². The summed E-state index contributed by atoms with van der Waals surface area (Å²) in [6, 6.07) is 9.62. The summed E-state index contributed by atoms with van der Waals surface area (Å²) in [4.78, 5) is 28.4. The molecule has 0 aromatic heterocycles. The molecule has 2 aliphatic rings. The van der Waals surface area contributed by atoms with E-state index in [4.69, 9.17) is 11.6 Å². The fourth-order valence-electron chi connectivity index (χ4n) is 4.61. The third-order valence-electron chi connectivity index (χ3n) is 5.81. The Morgan fingerprint density at radius 1 is 1.00 bits per heavy atom. The number of amides is 1. The first-order valence-corrected chi connectivity index (χ1v) is 9.48. The van der Waals surface area contributed by atoms with Crippen LogP contribution in [0.25, 0.3) is 0 Å². The molecule has 2 aliphatic heterocycles. The molecule has 0 radical (unpaired) electrons. The van der Waals surface area contributed by atoms with E-state index in [2.05, 4.69) is 0 Å². The van der Waals surface area contributed by atoms with Crippen LogP contribution in [0.5, 0.6) is 0 Å². The van der Waals surface area contributed by atoms with E-state index in [1.54, 1.807) is 17.0 Å². The Morgan fingerprint density at radius 2 is 1.63 bits per heavy atom. The van der Waals surface area contributed by atoms with Gasteiger partial charge in [-0.2, -0.15) is 0 Å². The predicted octanol–water partition coefficient (Wildman–Crippen LogP) is 5.14. The van der Waals surface area contributed by atoms with Crippen molar-refractivity contribution >= 4 is 29.0 Å². The molecule has 2 heterocycles. The molecule has 27 heavy (non-hydrogen) atoms. The van der Waals surface area contributed by atoms with Crippen LogP contribution in [0, 0.1) is 20.8 Å². The Bertz CT molecular complexity index is 1030. The maximum atomic E-state index is 13.6. The van der Waals surface area contributed by atoms with Crippen LogP contribution < -0.4 is 4.90 Å². The van der Waals surface area contributed by atoms with Gasteiger partial charge in [-0.15, -0.1) is 0 Å². The second kappa shape index (κ2) is 5.80. The zero-order valence-corrected chi connectivity index (χ0v) is 16.9. The number of hydrogen-bond donors (Lipinski definition) is 0. The predicted molar refractivity (Wildman–Crippen MR) is 108 cm³/mol. The fraction of sp³-hybridized carbons (Fsp3) is 0.304. The van der Waals surface area contributed by atoms with Crippen LogP contribution in [-0.4, -0.2) is 11.7 Å². The molecule has 0 N–H and O–H groups in total. The van der Waals surface area contributed by atoms with E-state index in [9.17, 15) is 9.59 Å². The van der Waals surface area contributed by atoms with Crippen molar-refractivity contribution in [3.8, 4) is 0 Å². The number of carbonyl (C=O) groups is 2. The number of carbonyl (C=O) groups excluding carboxylic acids is 2. The summed E-state index contributed by atoms with van der Waals surface area (Å²) in [5.74, 6) is -1.12. The van der Waals surface area contributed by atoms with Crippen molar-refractivity contribution in [3.05, 3.63) is 74.9 Å². The van der Waals surface area contributed by atoms with E-state index in [-0.39, 0.29) is 11.7 Å². The largest absolute Gasteiger partial charge is 0.294 e. The molecule has 4 rings (SSSR count). The summed E-state index contributed by atoms with van der Waals surface area (Å²) in [5, 5.41) is 0.628. The zero-order valence-electron chi connectivity index (χ0n) is 16.2. The van der Waals surface area contributed by atoms with E-state index in [1.165, 1.54) is 0 Å². The third-order valence-corrected chi connectivity index (χ3v) is 6.05. The van der Waals surface area contributed by atoms with Crippen molar-refractivity contribution in [2.24, 2.45) is 0 Å². The summed E-state index contributed by atoms with van der Waals surface area (Å²) in [7, 11) is 0. The topological polar surface area (TPSA) is 37.4 Å². The van der Waals surface area contributed by atoms with Crippen molar-refractivity contribution in [1.29, 1.82) is 0 Å². The second-order valence-corrected chi connectivity index (χ2v) is 8.57. The average molecular weight is 380 g/mol. The number of benzene rings is 2. The molecule has 138 valence electrons. The van der Waals surface area contributed by atoms with Gasteiger partial charge in [0.2, 0.25) is 5.91 Å². The molecule has 0 bridgehead atoms. The molecule has 0 fully saturated rings. The van der Waals surface area contributed by atoms with E-state index in [0.29, 0.717) is 5.02 Å². The zero-order chi connectivity index (χ0) is 19.7. The number of nitrogens with zero attached hydrogens (tertiary/aromatic N) is 1. The first kappa shape index (κ1) is 18.0. The summed E-state index contributed by atoms with van der Waals surface area (Å²) >= 11 is 6.20. The summed E-state index contributed by atoms with van der Waals surface area (Å²) in [6.45, 7) is 10.0. The Kier molecular flexibility index (Phi) is 3.87. The maximum absolute atomic E-state index is 13.6. The van der Waals surface area contributed by atoms with Gasteiger partial charge in [-0.1, -0.05) is 43.1 Å². The minimum atomic E-state index is -0.799.